The number of pyridine rings is 1. The Hall–Kier alpha value is -2.99. The first-order valence-electron chi connectivity index (χ1n) is 10.4. The number of Topliss-reactive ketones (excluding diaryl/α,β-unsaturated/α-hetero) is 1. The van der Waals surface area contributed by atoms with E-state index in [0.29, 0.717) is 25.1 Å². The van der Waals surface area contributed by atoms with E-state index >= 15 is 0 Å². The summed E-state index contributed by atoms with van der Waals surface area (Å²) in [6.45, 7) is 0.850. The highest BCUT2D eigenvalue weighted by Gasteiger charge is 2.45. The molecule has 2 heterocycles. The summed E-state index contributed by atoms with van der Waals surface area (Å²) in [6.07, 6.45) is 8.16. The first-order chi connectivity index (χ1) is 14.6. The number of methoxy groups -OCH3 is 1. The topological polar surface area (TPSA) is 79.7 Å². The van der Waals surface area contributed by atoms with Crippen molar-refractivity contribution in [1.29, 1.82) is 0 Å². The van der Waals surface area contributed by atoms with Gasteiger partial charge in [-0.25, -0.2) is 0 Å². The number of aromatic nitrogens is 1. The van der Waals surface area contributed by atoms with Gasteiger partial charge in [-0.2, -0.15) is 0 Å². The van der Waals surface area contributed by atoms with Crippen LogP contribution in [0.25, 0.3) is 5.76 Å². The molecule has 30 heavy (non-hydrogen) atoms. The zero-order valence-corrected chi connectivity index (χ0v) is 17.1. The first kappa shape index (κ1) is 20.3. The Morgan fingerprint density at radius 2 is 1.87 bits per heavy atom. The van der Waals surface area contributed by atoms with Crippen molar-refractivity contribution in [3.63, 3.8) is 0 Å². The Bertz CT molecular complexity index is 984. The van der Waals surface area contributed by atoms with E-state index in [4.69, 9.17) is 4.74 Å². The molecule has 1 aromatic carbocycles. The Labute approximate surface area is 176 Å². The van der Waals surface area contributed by atoms with Gasteiger partial charge in [-0.15, -0.1) is 0 Å². The Morgan fingerprint density at radius 1 is 1.13 bits per heavy atom. The van der Waals surface area contributed by atoms with Crippen LogP contribution in [-0.2, 0) is 27.2 Å². The molecule has 1 saturated heterocycles. The van der Waals surface area contributed by atoms with Gasteiger partial charge in [0.2, 0.25) is 0 Å². The van der Waals surface area contributed by atoms with E-state index in [1.807, 2.05) is 18.2 Å². The van der Waals surface area contributed by atoms with Gasteiger partial charge in [-0.05, 0) is 67.0 Å². The minimum Gasteiger partial charge on any atom is -0.507 e. The van der Waals surface area contributed by atoms with Gasteiger partial charge in [0, 0.05) is 38.2 Å². The van der Waals surface area contributed by atoms with E-state index in [9.17, 15) is 14.7 Å². The number of amides is 1. The number of hydrogen-bond acceptors (Lipinski definition) is 5. The molecule has 0 radical (unpaired) electrons. The summed E-state index contributed by atoms with van der Waals surface area (Å²) in [4.78, 5) is 31.4. The molecule has 1 fully saturated rings. The molecule has 6 heteroatoms. The number of benzene rings is 1. The monoisotopic (exact) mass is 406 g/mol. The summed E-state index contributed by atoms with van der Waals surface area (Å²) in [5, 5.41) is 11.2. The van der Waals surface area contributed by atoms with Crippen LogP contribution in [0.15, 0.2) is 48.3 Å². The largest absolute Gasteiger partial charge is 0.507 e. The van der Waals surface area contributed by atoms with Gasteiger partial charge in [0.25, 0.3) is 11.7 Å². The average molecular weight is 406 g/mol. The third-order valence-corrected chi connectivity index (χ3v) is 5.93. The fourth-order valence-corrected chi connectivity index (χ4v) is 4.42. The fraction of sp³-hybridized carbons (Fsp3) is 0.375. The van der Waals surface area contributed by atoms with Crippen LogP contribution in [0.4, 0.5) is 0 Å². The summed E-state index contributed by atoms with van der Waals surface area (Å²) in [5.41, 5.74) is 3.98. The number of ether oxygens (including phenoxy) is 1. The van der Waals surface area contributed by atoms with E-state index in [2.05, 4.69) is 4.98 Å². The standard InChI is InChI=1S/C24H26N2O4/c1-30-14-4-13-26-21(17-9-11-25-12-10-17)20(23(28)24(26)29)22(27)19-8-7-16-5-2-3-6-18(16)15-19/h7-12,15,21,27H,2-6,13-14H2,1H3/b22-20-. The predicted molar refractivity (Wildman–Crippen MR) is 113 cm³/mol. The minimum absolute atomic E-state index is 0.113. The van der Waals surface area contributed by atoms with Crippen LogP contribution in [0.1, 0.15) is 47.6 Å². The van der Waals surface area contributed by atoms with Crippen molar-refractivity contribution in [3.8, 4) is 0 Å². The Kier molecular flexibility index (Phi) is 5.95. The van der Waals surface area contributed by atoms with Crippen LogP contribution in [0.3, 0.4) is 0 Å². The molecule has 1 atom stereocenters. The van der Waals surface area contributed by atoms with Gasteiger partial charge in [-0.1, -0.05) is 12.1 Å². The number of aliphatic hydroxyl groups is 1. The molecule has 2 aliphatic rings. The molecule has 6 nitrogen and oxygen atoms in total. The first-order valence-corrected chi connectivity index (χ1v) is 10.4. The van der Waals surface area contributed by atoms with Crippen molar-refractivity contribution in [2.24, 2.45) is 0 Å². The second-order valence-electron chi connectivity index (χ2n) is 7.81. The highest BCUT2D eigenvalue weighted by Crippen LogP contribution is 2.39. The van der Waals surface area contributed by atoms with Crippen molar-refractivity contribution in [1.82, 2.24) is 9.88 Å². The maximum absolute atomic E-state index is 13.0. The van der Waals surface area contributed by atoms with Crippen LogP contribution in [0, 0.1) is 0 Å². The van der Waals surface area contributed by atoms with Crippen LogP contribution < -0.4 is 0 Å². The zero-order valence-electron chi connectivity index (χ0n) is 17.1. The highest BCUT2D eigenvalue weighted by molar-refractivity contribution is 6.46. The van der Waals surface area contributed by atoms with E-state index in [-0.39, 0.29) is 11.3 Å². The maximum atomic E-state index is 13.0. The number of fused-ring (bicyclic) bond motifs is 1. The molecule has 2 aromatic rings. The van der Waals surface area contributed by atoms with Crippen LogP contribution in [0.5, 0.6) is 0 Å². The second-order valence-corrected chi connectivity index (χ2v) is 7.81. The number of carbonyl (C=O) groups is 2. The lowest BCUT2D eigenvalue weighted by atomic mass is 9.89. The lowest BCUT2D eigenvalue weighted by Gasteiger charge is -2.25. The third-order valence-electron chi connectivity index (χ3n) is 5.93. The lowest BCUT2D eigenvalue weighted by molar-refractivity contribution is -0.140. The number of rotatable bonds is 6. The van der Waals surface area contributed by atoms with E-state index in [1.165, 1.54) is 22.4 Å². The smallest absolute Gasteiger partial charge is 0.295 e. The van der Waals surface area contributed by atoms with E-state index in [0.717, 1.165) is 24.8 Å². The predicted octanol–water partition coefficient (Wildman–Crippen LogP) is 3.42. The number of ketones is 1. The minimum atomic E-state index is -0.649. The number of hydrogen-bond donors (Lipinski definition) is 1. The second kappa shape index (κ2) is 8.79. The van der Waals surface area contributed by atoms with Crippen LogP contribution in [-0.4, -0.2) is 46.9 Å². The molecule has 1 aliphatic carbocycles. The molecule has 1 aliphatic heterocycles. The third kappa shape index (κ3) is 3.75. The van der Waals surface area contributed by atoms with Gasteiger partial charge < -0.3 is 14.7 Å². The molecule has 156 valence electrons. The van der Waals surface area contributed by atoms with Crippen molar-refractivity contribution in [3.05, 3.63) is 70.6 Å². The summed E-state index contributed by atoms with van der Waals surface area (Å²) >= 11 is 0. The molecular formula is C24H26N2O4. The fourth-order valence-electron chi connectivity index (χ4n) is 4.42. The van der Waals surface area contributed by atoms with Crippen molar-refractivity contribution < 1.29 is 19.4 Å². The van der Waals surface area contributed by atoms with E-state index in [1.54, 1.807) is 31.6 Å². The van der Waals surface area contributed by atoms with Crippen LogP contribution in [0.2, 0.25) is 0 Å². The number of nitrogens with zero attached hydrogens (tertiary/aromatic N) is 2. The molecule has 1 N–H and O–H groups in total. The quantitative estimate of drug-likeness (QED) is 0.344. The molecule has 1 amide bonds. The normalized spacial score (nSPS) is 20.4. The molecule has 0 bridgehead atoms. The summed E-state index contributed by atoms with van der Waals surface area (Å²) in [6, 6.07) is 8.76. The summed E-state index contributed by atoms with van der Waals surface area (Å²) in [5.74, 6) is -1.35. The number of carbonyl (C=O) groups excluding carboxylic acids is 2. The van der Waals surface area contributed by atoms with Gasteiger partial charge in [-0.3, -0.25) is 14.6 Å². The van der Waals surface area contributed by atoms with Gasteiger partial charge in [0.15, 0.2) is 0 Å². The zero-order chi connectivity index (χ0) is 21.1. The molecular weight excluding hydrogens is 380 g/mol. The lowest BCUT2D eigenvalue weighted by Crippen LogP contribution is -2.31. The Morgan fingerprint density at radius 3 is 2.60 bits per heavy atom. The summed E-state index contributed by atoms with van der Waals surface area (Å²) in [7, 11) is 1.60. The number of aryl methyl sites for hydroxylation is 2. The van der Waals surface area contributed by atoms with Gasteiger partial charge in [0.1, 0.15) is 5.76 Å². The van der Waals surface area contributed by atoms with Gasteiger partial charge in [0.05, 0.1) is 11.6 Å². The van der Waals surface area contributed by atoms with Crippen molar-refractivity contribution >= 4 is 17.4 Å². The summed E-state index contributed by atoms with van der Waals surface area (Å²) < 4.78 is 5.11. The molecule has 0 spiro atoms. The van der Waals surface area contributed by atoms with E-state index < -0.39 is 17.7 Å². The highest BCUT2D eigenvalue weighted by atomic mass is 16.5. The van der Waals surface area contributed by atoms with Crippen molar-refractivity contribution in [2.45, 2.75) is 38.1 Å². The Balaban J connectivity index is 1.79. The molecule has 1 aromatic heterocycles. The molecule has 1 unspecified atom stereocenters. The number of likely N-dealkylation sites (tertiary alicyclic amines) is 1. The average Bonchev–Trinajstić information content (AvgIpc) is 3.04. The maximum Gasteiger partial charge on any atom is 0.295 e. The van der Waals surface area contributed by atoms with Gasteiger partial charge >= 0.3 is 0 Å². The van der Waals surface area contributed by atoms with Crippen LogP contribution >= 0.6 is 0 Å². The molecule has 4 rings (SSSR count). The molecule has 0 saturated carbocycles. The van der Waals surface area contributed by atoms with Crippen molar-refractivity contribution in [2.75, 3.05) is 20.3 Å². The SMILES string of the molecule is COCCCN1C(=O)C(=O)/C(=C(\O)c2ccc3c(c2)CCCC3)C1c1ccncc1. The number of aliphatic hydroxyl groups excluding tert-OH is 1.